The van der Waals surface area contributed by atoms with Crippen molar-refractivity contribution in [2.75, 3.05) is 26.2 Å². The summed E-state index contributed by atoms with van der Waals surface area (Å²) in [5.74, 6) is -6.74. The van der Waals surface area contributed by atoms with Crippen LogP contribution in [0.2, 0.25) is 5.02 Å². The van der Waals surface area contributed by atoms with Gasteiger partial charge in [-0.15, -0.1) is 32.9 Å². The highest BCUT2D eigenvalue weighted by molar-refractivity contribution is 7.15. The van der Waals surface area contributed by atoms with Crippen LogP contribution in [0.1, 0.15) is 103 Å². The number of fused-ring (bicyclic) bond motifs is 4. The Balaban J connectivity index is 1.10. The van der Waals surface area contributed by atoms with Gasteiger partial charge in [0, 0.05) is 51.8 Å². The van der Waals surface area contributed by atoms with E-state index in [2.05, 4.69) is 47.4 Å². The molecule has 0 radical (unpaired) electrons. The molecule has 2 saturated heterocycles. The molecule has 3 aliphatic rings. The zero-order valence-corrected chi connectivity index (χ0v) is 48.0. The summed E-state index contributed by atoms with van der Waals surface area (Å²) in [6.45, 7) is 10.3. The van der Waals surface area contributed by atoms with Crippen LogP contribution in [0.15, 0.2) is 65.0 Å². The maximum Gasteiger partial charge on any atom is 0.247 e. The maximum atomic E-state index is 14.5. The number of aliphatic hydroxyl groups excluding tert-OH is 1. The number of primary amides is 1. The Bertz CT molecular complexity index is 3310. The molecule has 0 saturated carbocycles. The van der Waals surface area contributed by atoms with E-state index in [0.29, 0.717) is 27.9 Å². The lowest BCUT2D eigenvalue weighted by molar-refractivity contribution is -0.144. The summed E-state index contributed by atoms with van der Waals surface area (Å²) in [5, 5.41) is 41.1. The lowest BCUT2D eigenvalue weighted by Gasteiger charge is -2.35. The molecular weight excluding hydrogens is 1100 g/mol. The van der Waals surface area contributed by atoms with Crippen molar-refractivity contribution in [2.45, 2.75) is 117 Å². The predicted octanol–water partition coefficient (Wildman–Crippen LogP) is 2.17. The van der Waals surface area contributed by atoms with Crippen LogP contribution in [-0.4, -0.2) is 140 Å². The molecular formula is C55H64ClN13O10S2. The number of halogens is 1. The second-order valence-corrected chi connectivity index (χ2v) is 23.8. The molecule has 0 unspecified atom stereocenters. The number of nitrogens with two attached hydrogens (primary N) is 1. The van der Waals surface area contributed by atoms with Crippen LogP contribution in [0.25, 0.3) is 15.4 Å². The second-order valence-electron chi connectivity index (χ2n) is 21.3. The third-order valence-electron chi connectivity index (χ3n) is 14.2. The number of aliphatic hydroxyl groups is 1. The van der Waals surface area contributed by atoms with Crippen molar-refractivity contribution >= 4 is 93.2 Å². The normalized spacial score (nSPS) is 22.5. The van der Waals surface area contributed by atoms with E-state index in [4.69, 9.17) is 22.3 Å². The van der Waals surface area contributed by atoms with E-state index in [1.54, 1.807) is 64.1 Å². The third kappa shape index (κ3) is 13.7. The molecule has 10 N–H and O–H groups in total. The van der Waals surface area contributed by atoms with E-state index in [-0.39, 0.29) is 25.8 Å². The van der Waals surface area contributed by atoms with Crippen molar-refractivity contribution in [3.8, 4) is 15.4 Å². The molecule has 0 aliphatic carbocycles. The summed E-state index contributed by atoms with van der Waals surface area (Å²) in [6.07, 6.45) is -2.48. The average molecular weight is 1170 g/mol. The summed E-state index contributed by atoms with van der Waals surface area (Å²) >= 11 is 9.33. The van der Waals surface area contributed by atoms with Crippen LogP contribution < -0.4 is 43.0 Å². The Morgan fingerprint density at radius 2 is 1.48 bits per heavy atom. The molecule has 5 aromatic rings. The van der Waals surface area contributed by atoms with Gasteiger partial charge in [0.1, 0.15) is 47.1 Å². The molecule has 3 aliphatic heterocycles. The number of hydrogen-bond donors (Lipinski definition) is 9. The van der Waals surface area contributed by atoms with Gasteiger partial charge in [0.25, 0.3) is 0 Å². The summed E-state index contributed by atoms with van der Waals surface area (Å²) in [4.78, 5) is 134. The van der Waals surface area contributed by atoms with Gasteiger partial charge < -0.3 is 53.0 Å². The summed E-state index contributed by atoms with van der Waals surface area (Å²) < 4.78 is 1.86. The van der Waals surface area contributed by atoms with Gasteiger partial charge in [-0.3, -0.25) is 52.7 Å². The van der Waals surface area contributed by atoms with E-state index < -0.39 is 127 Å². The Morgan fingerprint density at radius 1 is 0.815 bits per heavy atom. The van der Waals surface area contributed by atoms with E-state index in [1.807, 2.05) is 48.9 Å². The van der Waals surface area contributed by atoms with Gasteiger partial charge >= 0.3 is 0 Å². The van der Waals surface area contributed by atoms with Gasteiger partial charge in [0.15, 0.2) is 5.82 Å². The molecule has 2 fully saturated rings. The average Bonchev–Trinajstić information content (AvgIpc) is 4.29. The Kier molecular flexibility index (Phi) is 18.2. The molecule has 0 bridgehead atoms. The highest BCUT2D eigenvalue weighted by Gasteiger charge is 2.46. The largest absolute Gasteiger partial charge is 0.391 e. The summed E-state index contributed by atoms with van der Waals surface area (Å²) in [7, 11) is 0. The molecule has 81 heavy (non-hydrogen) atoms. The number of rotatable bonds is 10. The van der Waals surface area contributed by atoms with Gasteiger partial charge in [0.2, 0.25) is 53.2 Å². The Labute approximate surface area is 479 Å². The molecule has 6 heterocycles. The number of thiophene rings is 2. The van der Waals surface area contributed by atoms with E-state index >= 15 is 0 Å². The zero-order valence-electron chi connectivity index (χ0n) is 45.6. The fourth-order valence-electron chi connectivity index (χ4n) is 9.81. The van der Waals surface area contributed by atoms with Gasteiger partial charge in [-0.1, -0.05) is 68.8 Å². The predicted molar refractivity (Wildman–Crippen MR) is 302 cm³/mol. The van der Waals surface area contributed by atoms with Crippen molar-refractivity contribution in [1.29, 1.82) is 0 Å². The van der Waals surface area contributed by atoms with Crippen molar-refractivity contribution in [2.24, 2.45) is 16.1 Å². The monoisotopic (exact) mass is 1170 g/mol. The molecule has 9 amide bonds. The highest BCUT2D eigenvalue weighted by Crippen LogP contribution is 2.40. The highest BCUT2D eigenvalue weighted by atomic mass is 35.5. The van der Waals surface area contributed by atoms with Crippen LogP contribution in [0, 0.1) is 33.1 Å². The molecule has 3 aromatic heterocycles. The molecule has 7 atom stereocenters. The number of aryl methyl sites for hydroxylation is 3. The van der Waals surface area contributed by atoms with Crippen molar-refractivity contribution in [1.82, 2.24) is 56.9 Å². The number of nitrogens with zero attached hydrogens (tertiary/aromatic N) is 5. The van der Waals surface area contributed by atoms with E-state index in [9.17, 15) is 48.3 Å². The molecule has 0 spiro atoms. The maximum absolute atomic E-state index is 14.5. The first kappa shape index (κ1) is 59.3. The molecule has 2 aromatic carbocycles. The third-order valence-corrected chi connectivity index (χ3v) is 16.8. The van der Waals surface area contributed by atoms with Crippen LogP contribution in [0.3, 0.4) is 0 Å². The number of carbonyl (C=O) groups excluding carboxylic acids is 9. The molecule has 23 nitrogen and oxygen atoms in total. The second kappa shape index (κ2) is 24.9. The fraction of sp³-hybridized carbons (Fsp3) is 0.418. The number of benzene rings is 2. The summed E-state index contributed by atoms with van der Waals surface area (Å²) in [5.41, 5.74) is 9.72. The number of carbonyl (C=O) groups is 9. The quantitative estimate of drug-likeness (QED) is 0.0972. The first-order chi connectivity index (χ1) is 38.4. The molecule has 8 rings (SSSR count). The first-order valence-corrected chi connectivity index (χ1v) is 28.2. The minimum absolute atomic E-state index is 0.216. The Hall–Kier alpha value is -7.87. The first-order valence-electron chi connectivity index (χ1n) is 26.2. The number of amides is 9. The lowest BCUT2D eigenvalue weighted by Crippen LogP contribution is -2.59. The number of nitrogens with one attached hydrogen (secondary N) is 7. The molecule has 428 valence electrons. The SMILES string of the molecule is Cc1ccsc1-c1ccc([C@H]2NC(=O)[C@@H]3C[C@@H](O)CN3C(=O)[C@H](C(C)(C)C)NC(=O)CNC(=O)[C@H](CCC(N)=O)NC(=O)[C@@H](CNC(=O)C[C@@H]3N=C(c4ccc(Cl)cc4)c4c(sc(C)c4C)-n4c(C)nnc43)NC(=O)CNC2=O)cc1. The Morgan fingerprint density at radius 3 is 2.14 bits per heavy atom. The summed E-state index contributed by atoms with van der Waals surface area (Å²) in [6, 6.07) is 7.65. The lowest BCUT2D eigenvalue weighted by atomic mass is 9.85. The van der Waals surface area contributed by atoms with Gasteiger partial charge in [-0.2, -0.15) is 0 Å². The smallest absolute Gasteiger partial charge is 0.247 e. The minimum atomic E-state index is -1.66. The van der Waals surface area contributed by atoms with Crippen LogP contribution in [-0.2, 0) is 43.2 Å². The van der Waals surface area contributed by atoms with Crippen LogP contribution >= 0.6 is 34.3 Å². The van der Waals surface area contributed by atoms with E-state index in [1.165, 1.54) is 22.7 Å². The van der Waals surface area contributed by atoms with Gasteiger partial charge in [0.05, 0.1) is 31.3 Å². The van der Waals surface area contributed by atoms with E-state index in [0.717, 1.165) is 47.5 Å². The van der Waals surface area contributed by atoms with Crippen LogP contribution in [0.5, 0.6) is 0 Å². The van der Waals surface area contributed by atoms with Crippen molar-refractivity contribution in [3.05, 3.63) is 109 Å². The van der Waals surface area contributed by atoms with Crippen molar-refractivity contribution in [3.63, 3.8) is 0 Å². The van der Waals surface area contributed by atoms with Crippen LogP contribution in [0.4, 0.5) is 0 Å². The van der Waals surface area contributed by atoms with Crippen molar-refractivity contribution < 1.29 is 48.3 Å². The minimum Gasteiger partial charge on any atom is -0.391 e. The standard InChI is InChI=1S/C55H64ClN13O10S2/c1-26-18-19-80-46(26)32-10-8-31(9-11-32)45-52(78)60-23-41(73)61-37(22-58-40(72)21-36-48-67-66-29(4)69(48)54-43(27(2)28(3)81-54)44(62-36)30-12-14-33(56)15-13-30)50(76)63-35(16-17-39(57)71)49(75)59-24-42(74)64-47(55(5,6)7)53(79)68-25-34(70)20-38(68)51(77)65-45/h8-15,18-19,34-38,45,47,70H,16-17,20-25H2,1-7H3,(H2,57,71)(H,58,72)(H,59,75)(H,60,78)(H,61,73)(H,63,76)(H,64,74)(H,65,77)/t34-,35+,36+,37-,38+,45-,47-/m1/s1. The van der Waals surface area contributed by atoms with Gasteiger partial charge in [-0.05, 0) is 85.4 Å². The van der Waals surface area contributed by atoms with Gasteiger partial charge in [-0.25, -0.2) is 0 Å². The molecule has 26 heteroatoms. The topological polar surface area (TPSA) is 330 Å². The zero-order chi connectivity index (χ0) is 58.6. The fourth-order valence-corrected chi connectivity index (χ4v) is 12.1. The number of hydrogen-bond acceptors (Lipinski definition) is 15. The number of aliphatic imine (C=N–C) groups is 1. The number of aromatic nitrogens is 3.